The number of hydrogen-bond acceptors (Lipinski definition) is 5. The van der Waals surface area contributed by atoms with Gasteiger partial charge in [-0.3, -0.25) is 9.78 Å². The highest BCUT2D eigenvalue weighted by Crippen LogP contribution is 2.35. The van der Waals surface area contributed by atoms with Crippen molar-refractivity contribution in [2.24, 2.45) is 0 Å². The molecule has 0 spiro atoms. The number of pyridine rings is 1. The molecule has 1 fully saturated rings. The zero-order valence-corrected chi connectivity index (χ0v) is 22.2. The lowest BCUT2D eigenvalue weighted by atomic mass is 9.97. The first-order valence-corrected chi connectivity index (χ1v) is 13.5. The number of aromatic nitrogens is 1. The van der Waals surface area contributed by atoms with Crippen molar-refractivity contribution < 1.29 is 9.53 Å². The summed E-state index contributed by atoms with van der Waals surface area (Å²) in [5, 5.41) is 4.13. The molecular formula is C32H32ClN3O2. The van der Waals surface area contributed by atoms with Crippen LogP contribution in [0.3, 0.4) is 0 Å². The lowest BCUT2D eigenvalue weighted by Crippen LogP contribution is -2.43. The highest BCUT2D eigenvalue weighted by molar-refractivity contribution is 6.31. The highest BCUT2D eigenvalue weighted by atomic mass is 35.5. The number of carbonyl (C=O) groups excluding carboxylic acids is 1. The fourth-order valence-corrected chi connectivity index (χ4v) is 4.99. The number of carbonyl (C=O) groups is 1. The first-order chi connectivity index (χ1) is 18.7. The van der Waals surface area contributed by atoms with Crippen LogP contribution < -0.4 is 15.0 Å². The number of nitrogens with one attached hydrogen (secondary N) is 1. The van der Waals surface area contributed by atoms with Crippen LogP contribution >= 0.6 is 11.6 Å². The third kappa shape index (κ3) is 6.80. The Morgan fingerprint density at radius 2 is 1.74 bits per heavy atom. The normalized spacial score (nSPS) is 13.3. The van der Waals surface area contributed by atoms with Crippen molar-refractivity contribution in [2.75, 3.05) is 31.1 Å². The molecule has 1 saturated heterocycles. The fourth-order valence-electron chi connectivity index (χ4n) is 4.82. The predicted octanol–water partition coefficient (Wildman–Crippen LogP) is 6.14. The van der Waals surface area contributed by atoms with Crippen molar-refractivity contribution in [1.82, 2.24) is 10.3 Å². The summed E-state index contributed by atoms with van der Waals surface area (Å²) in [7, 11) is 0. The monoisotopic (exact) mass is 525 g/mol. The number of ketones is 1. The molecule has 1 N–H and O–H groups in total. The SMILES string of the molecule is O=C(CCc1cccnc1)Cc1ccc(OCc2ccc(Cl)cc2-c2ccccc2N2CCNCC2)cc1. The number of nitrogens with zero attached hydrogens (tertiary/aromatic N) is 2. The summed E-state index contributed by atoms with van der Waals surface area (Å²) in [6.45, 7) is 4.33. The quantitative estimate of drug-likeness (QED) is 0.270. The van der Waals surface area contributed by atoms with Crippen molar-refractivity contribution in [3.63, 3.8) is 0 Å². The maximum absolute atomic E-state index is 12.5. The number of para-hydroxylation sites is 1. The summed E-state index contributed by atoms with van der Waals surface area (Å²) in [6, 6.07) is 26.2. The van der Waals surface area contributed by atoms with Crippen LogP contribution in [0.5, 0.6) is 5.75 Å². The molecule has 0 saturated carbocycles. The second-order valence-electron chi connectivity index (χ2n) is 9.57. The zero-order valence-electron chi connectivity index (χ0n) is 21.4. The molecule has 0 atom stereocenters. The second kappa shape index (κ2) is 12.7. The van der Waals surface area contributed by atoms with E-state index in [9.17, 15) is 4.79 Å². The topological polar surface area (TPSA) is 54.5 Å². The minimum Gasteiger partial charge on any atom is -0.489 e. The third-order valence-corrected chi connectivity index (χ3v) is 7.09. The van der Waals surface area contributed by atoms with E-state index < -0.39 is 0 Å². The predicted molar refractivity (Wildman–Crippen MR) is 154 cm³/mol. The van der Waals surface area contributed by atoms with Crippen molar-refractivity contribution in [3.05, 3.63) is 113 Å². The smallest absolute Gasteiger partial charge is 0.137 e. The molecule has 0 bridgehead atoms. The molecule has 3 aromatic carbocycles. The number of hydrogen-bond donors (Lipinski definition) is 1. The molecule has 6 heteroatoms. The maximum Gasteiger partial charge on any atom is 0.137 e. The molecule has 5 rings (SSSR count). The Balaban J connectivity index is 1.24. The average molecular weight is 526 g/mol. The minimum atomic E-state index is 0.219. The summed E-state index contributed by atoms with van der Waals surface area (Å²) in [5.41, 5.74) is 6.62. The van der Waals surface area contributed by atoms with Crippen molar-refractivity contribution in [2.45, 2.75) is 25.9 Å². The second-order valence-corrected chi connectivity index (χ2v) is 10.0. The van der Waals surface area contributed by atoms with Crippen LogP contribution in [0, 0.1) is 0 Å². The molecule has 0 amide bonds. The van der Waals surface area contributed by atoms with Crippen LogP contribution in [0.25, 0.3) is 11.1 Å². The standard InChI is InChI=1S/C32H32ClN3O2/c33-27-11-10-26(31(21-27)30-5-1-2-6-32(30)36-18-16-34-17-19-36)23-38-29-13-8-24(9-14-29)20-28(37)12-7-25-4-3-15-35-22-25/h1-6,8-11,13-15,21-22,34H,7,12,16-20,23H2. The fraction of sp³-hybridized carbons (Fsp3) is 0.250. The Kier molecular flexibility index (Phi) is 8.69. The Morgan fingerprint density at radius 3 is 2.53 bits per heavy atom. The van der Waals surface area contributed by atoms with Gasteiger partial charge >= 0.3 is 0 Å². The summed E-state index contributed by atoms with van der Waals surface area (Å²) in [6.07, 6.45) is 5.21. The molecule has 0 radical (unpaired) electrons. The Hall–Kier alpha value is -3.67. The van der Waals surface area contributed by atoms with E-state index >= 15 is 0 Å². The zero-order chi connectivity index (χ0) is 26.2. The Labute approximate surface area is 229 Å². The van der Waals surface area contributed by atoms with Gasteiger partial charge in [-0.15, -0.1) is 0 Å². The van der Waals surface area contributed by atoms with Crippen LogP contribution in [0.1, 0.15) is 23.1 Å². The molecule has 0 unspecified atom stereocenters. The molecule has 5 nitrogen and oxygen atoms in total. The van der Waals surface area contributed by atoms with Crippen LogP contribution in [0.2, 0.25) is 5.02 Å². The average Bonchev–Trinajstić information content (AvgIpc) is 2.97. The van der Waals surface area contributed by atoms with Gasteiger partial charge in [-0.2, -0.15) is 0 Å². The summed E-state index contributed by atoms with van der Waals surface area (Å²) >= 11 is 6.44. The molecular weight excluding hydrogens is 494 g/mol. The number of benzene rings is 3. The largest absolute Gasteiger partial charge is 0.489 e. The number of ether oxygens (including phenoxy) is 1. The maximum atomic E-state index is 12.5. The number of aryl methyl sites for hydroxylation is 1. The number of Topliss-reactive ketones (excluding diaryl/α,β-unsaturated/α-hetero) is 1. The van der Waals surface area contributed by atoms with Gasteiger partial charge in [0.1, 0.15) is 18.1 Å². The van der Waals surface area contributed by atoms with Gasteiger partial charge in [0, 0.05) is 67.7 Å². The van der Waals surface area contributed by atoms with E-state index in [-0.39, 0.29) is 5.78 Å². The minimum absolute atomic E-state index is 0.219. The van der Waals surface area contributed by atoms with E-state index in [4.69, 9.17) is 16.3 Å². The molecule has 2 heterocycles. The van der Waals surface area contributed by atoms with Gasteiger partial charge in [0.05, 0.1) is 0 Å². The van der Waals surface area contributed by atoms with Gasteiger partial charge in [-0.25, -0.2) is 0 Å². The molecule has 4 aromatic rings. The van der Waals surface area contributed by atoms with Crippen molar-refractivity contribution in [1.29, 1.82) is 0 Å². The van der Waals surface area contributed by atoms with Crippen LogP contribution in [-0.2, 0) is 24.2 Å². The lowest BCUT2D eigenvalue weighted by Gasteiger charge is -2.31. The highest BCUT2D eigenvalue weighted by Gasteiger charge is 2.17. The van der Waals surface area contributed by atoms with Gasteiger partial charge in [0.15, 0.2) is 0 Å². The van der Waals surface area contributed by atoms with E-state index in [1.54, 1.807) is 6.20 Å². The first kappa shape index (κ1) is 26.0. The van der Waals surface area contributed by atoms with E-state index in [2.05, 4.69) is 39.5 Å². The number of halogens is 1. The summed E-state index contributed by atoms with van der Waals surface area (Å²) < 4.78 is 6.19. The van der Waals surface area contributed by atoms with E-state index in [1.807, 2.05) is 60.8 Å². The van der Waals surface area contributed by atoms with Crippen molar-refractivity contribution >= 4 is 23.1 Å². The van der Waals surface area contributed by atoms with Crippen LogP contribution in [0.15, 0.2) is 91.3 Å². The molecule has 1 aliphatic heterocycles. The molecule has 1 aromatic heterocycles. The summed E-state index contributed by atoms with van der Waals surface area (Å²) in [5.74, 6) is 0.990. The van der Waals surface area contributed by atoms with Crippen LogP contribution in [-0.4, -0.2) is 36.9 Å². The Morgan fingerprint density at radius 1 is 0.921 bits per heavy atom. The summed E-state index contributed by atoms with van der Waals surface area (Å²) in [4.78, 5) is 19.0. The van der Waals surface area contributed by atoms with Gasteiger partial charge in [-0.05, 0) is 65.1 Å². The molecule has 38 heavy (non-hydrogen) atoms. The van der Waals surface area contributed by atoms with Gasteiger partial charge < -0.3 is 15.0 Å². The van der Waals surface area contributed by atoms with Crippen molar-refractivity contribution in [3.8, 4) is 16.9 Å². The number of piperazine rings is 1. The van der Waals surface area contributed by atoms with E-state index in [0.29, 0.717) is 24.5 Å². The van der Waals surface area contributed by atoms with Gasteiger partial charge in [-0.1, -0.05) is 54.1 Å². The van der Waals surface area contributed by atoms with Gasteiger partial charge in [0.25, 0.3) is 0 Å². The van der Waals surface area contributed by atoms with E-state index in [0.717, 1.165) is 66.2 Å². The molecule has 1 aliphatic rings. The first-order valence-electron chi connectivity index (χ1n) is 13.1. The third-order valence-electron chi connectivity index (χ3n) is 6.86. The molecule has 0 aliphatic carbocycles. The van der Waals surface area contributed by atoms with Gasteiger partial charge in [0.2, 0.25) is 0 Å². The van der Waals surface area contributed by atoms with Crippen LogP contribution in [0.4, 0.5) is 5.69 Å². The van der Waals surface area contributed by atoms with E-state index in [1.165, 1.54) is 5.69 Å². The number of anilines is 1. The Bertz CT molecular complexity index is 1350. The number of rotatable bonds is 10. The molecule has 194 valence electrons. The lowest BCUT2D eigenvalue weighted by molar-refractivity contribution is -0.118.